The SMILES string of the molecule is CCCOc1ccc2c(c1)c(CC(=O)OCC)c(C)n2-c1ncnc2cc(Cl)ccc12. The number of nitrogens with zero attached hydrogens (tertiary/aromatic N) is 3. The molecule has 0 atom stereocenters. The molecule has 2 aromatic carbocycles. The van der Waals surface area contributed by atoms with Crippen molar-refractivity contribution in [2.24, 2.45) is 0 Å². The summed E-state index contributed by atoms with van der Waals surface area (Å²) in [6.07, 6.45) is 2.63. The van der Waals surface area contributed by atoms with Crippen LogP contribution in [-0.4, -0.2) is 33.7 Å². The highest BCUT2D eigenvalue weighted by molar-refractivity contribution is 6.31. The van der Waals surface area contributed by atoms with Crippen molar-refractivity contribution < 1.29 is 14.3 Å². The Balaban J connectivity index is 1.95. The van der Waals surface area contributed by atoms with Gasteiger partial charge in [-0.2, -0.15) is 0 Å². The summed E-state index contributed by atoms with van der Waals surface area (Å²) < 4.78 is 13.1. The van der Waals surface area contributed by atoms with Gasteiger partial charge in [0, 0.05) is 21.5 Å². The second kappa shape index (κ2) is 8.94. The zero-order chi connectivity index (χ0) is 22.0. The van der Waals surface area contributed by atoms with Gasteiger partial charge in [0.15, 0.2) is 0 Å². The van der Waals surface area contributed by atoms with E-state index in [2.05, 4.69) is 21.5 Å². The number of aromatic nitrogens is 3. The molecule has 2 aromatic heterocycles. The van der Waals surface area contributed by atoms with Gasteiger partial charge in [0.1, 0.15) is 17.9 Å². The molecule has 0 aliphatic rings. The van der Waals surface area contributed by atoms with Gasteiger partial charge in [0.05, 0.1) is 30.7 Å². The molecule has 2 heterocycles. The highest BCUT2D eigenvalue weighted by Gasteiger charge is 2.21. The van der Waals surface area contributed by atoms with Gasteiger partial charge in [-0.1, -0.05) is 18.5 Å². The maximum absolute atomic E-state index is 12.4. The number of carbonyl (C=O) groups excluding carboxylic acids is 1. The molecule has 160 valence electrons. The van der Waals surface area contributed by atoms with Crippen LogP contribution >= 0.6 is 11.6 Å². The molecule has 0 saturated carbocycles. The van der Waals surface area contributed by atoms with Gasteiger partial charge in [-0.15, -0.1) is 0 Å². The molecule has 4 aromatic rings. The molecule has 4 rings (SSSR count). The molecule has 0 aliphatic carbocycles. The second-order valence-corrected chi connectivity index (χ2v) is 7.70. The number of esters is 1. The average molecular weight is 438 g/mol. The highest BCUT2D eigenvalue weighted by Crippen LogP contribution is 2.34. The van der Waals surface area contributed by atoms with Crippen LogP contribution in [0.4, 0.5) is 0 Å². The molecule has 0 N–H and O–H groups in total. The minimum atomic E-state index is -0.260. The Hall–Kier alpha value is -3.12. The molecule has 6 nitrogen and oxygen atoms in total. The molecule has 0 spiro atoms. The summed E-state index contributed by atoms with van der Waals surface area (Å²) in [5.74, 6) is 1.25. The standard InChI is InChI=1S/C24H24ClN3O3/c1-4-10-31-17-7-9-22-20(12-17)19(13-23(29)30-5-2)15(3)28(22)24-18-8-6-16(25)11-21(18)26-14-27-24/h6-9,11-12,14H,4-5,10,13H2,1-3H3. The van der Waals surface area contributed by atoms with Crippen LogP contribution in [0.3, 0.4) is 0 Å². The number of benzene rings is 2. The molecule has 0 unspecified atom stereocenters. The van der Waals surface area contributed by atoms with Crippen LogP contribution < -0.4 is 4.74 Å². The molecule has 0 bridgehead atoms. The molecule has 7 heteroatoms. The van der Waals surface area contributed by atoms with E-state index >= 15 is 0 Å². The van der Waals surface area contributed by atoms with E-state index in [9.17, 15) is 4.79 Å². The summed E-state index contributed by atoms with van der Waals surface area (Å²) in [5, 5.41) is 2.44. The summed E-state index contributed by atoms with van der Waals surface area (Å²) >= 11 is 6.16. The lowest BCUT2D eigenvalue weighted by Gasteiger charge is -2.11. The van der Waals surface area contributed by atoms with Gasteiger partial charge in [0.25, 0.3) is 0 Å². The quantitative estimate of drug-likeness (QED) is 0.360. The van der Waals surface area contributed by atoms with Crippen molar-refractivity contribution in [3.8, 4) is 11.6 Å². The molecule has 0 radical (unpaired) electrons. The van der Waals surface area contributed by atoms with E-state index in [1.165, 1.54) is 6.33 Å². The molecular weight excluding hydrogens is 414 g/mol. The van der Waals surface area contributed by atoms with E-state index in [4.69, 9.17) is 21.1 Å². The molecular formula is C24H24ClN3O3. The lowest BCUT2D eigenvalue weighted by Crippen LogP contribution is -2.09. The van der Waals surface area contributed by atoms with Crippen molar-refractivity contribution in [2.45, 2.75) is 33.6 Å². The minimum Gasteiger partial charge on any atom is -0.494 e. The summed E-state index contributed by atoms with van der Waals surface area (Å²) in [5.41, 5.74) is 3.52. The predicted octanol–water partition coefficient (Wildman–Crippen LogP) is 5.43. The monoisotopic (exact) mass is 437 g/mol. The van der Waals surface area contributed by atoms with E-state index in [0.717, 1.165) is 51.1 Å². The average Bonchev–Trinajstić information content (AvgIpc) is 3.02. The van der Waals surface area contributed by atoms with Crippen molar-refractivity contribution in [1.29, 1.82) is 0 Å². The number of halogens is 1. The fourth-order valence-electron chi connectivity index (χ4n) is 3.82. The van der Waals surface area contributed by atoms with Crippen LogP contribution in [0.1, 0.15) is 31.5 Å². The number of rotatable bonds is 7. The van der Waals surface area contributed by atoms with Crippen LogP contribution in [0.2, 0.25) is 5.02 Å². The van der Waals surface area contributed by atoms with Crippen LogP contribution in [-0.2, 0) is 16.0 Å². The first-order valence-electron chi connectivity index (χ1n) is 10.4. The van der Waals surface area contributed by atoms with Crippen molar-refractivity contribution in [3.63, 3.8) is 0 Å². The van der Waals surface area contributed by atoms with Crippen molar-refractivity contribution in [3.05, 3.63) is 59.0 Å². The highest BCUT2D eigenvalue weighted by atomic mass is 35.5. The fourth-order valence-corrected chi connectivity index (χ4v) is 3.99. The Kier molecular flexibility index (Phi) is 6.09. The van der Waals surface area contributed by atoms with Crippen LogP contribution in [0.25, 0.3) is 27.6 Å². The Labute approximate surface area is 185 Å². The van der Waals surface area contributed by atoms with Gasteiger partial charge in [-0.3, -0.25) is 9.36 Å². The Morgan fingerprint density at radius 1 is 1.10 bits per heavy atom. The van der Waals surface area contributed by atoms with Gasteiger partial charge in [-0.05, 0) is 62.2 Å². The summed E-state index contributed by atoms with van der Waals surface area (Å²) in [6.45, 7) is 6.85. The van der Waals surface area contributed by atoms with E-state index in [0.29, 0.717) is 18.2 Å². The fraction of sp³-hybridized carbons (Fsp3) is 0.292. The van der Waals surface area contributed by atoms with Gasteiger partial charge in [0.2, 0.25) is 0 Å². The molecule has 0 aliphatic heterocycles. The third kappa shape index (κ3) is 4.08. The van der Waals surface area contributed by atoms with Gasteiger partial charge < -0.3 is 9.47 Å². The zero-order valence-corrected chi connectivity index (χ0v) is 18.6. The molecule has 0 amide bonds. The third-order valence-corrected chi connectivity index (χ3v) is 5.43. The van der Waals surface area contributed by atoms with Crippen LogP contribution in [0.5, 0.6) is 5.75 Å². The van der Waals surface area contributed by atoms with Crippen molar-refractivity contribution in [1.82, 2.24) is 14.5 Å². The number of fused-ring (bicyclic) bond motifs is 2. The lowest BCUT2D eigenvalue weighted by atomic mass is 10.1. The van der Waals surface area contributed by atoms with Gasteiger partial charge >= 0.3 is 5.97 Å². The maximum Gasteiger partial charge on any atom is 0.310 e. The first-order chi connectivity index (χ1) is 15.0. The van der Waals surface area contributed by atoms with Crippen molar-refractivity contribution in [2.75, 3.05) is 13.2 Å². The zero-order valence-electron chi connectivity index (χ0n) is 17.8. The molecule has 0 fully saturated rings. The number of hydrogen-bond donors (Lipinski definition) is 0. The summed E-state index contributed by atoms with van der Waals surface area (Å²) in [4.78, 5) is 21.3. The normalized spacial score (nSPS) is 11.2. The van der Waals surface area contributed by atoms with E-state index in [1.54, 1.807) is 0 Å². The maximum atomic E-state index is 12.4. The van der Waals surface area contributed by atoms with Crippen molar-refractivity contribution >= 4 is 39.4 Å². The topological polar surface area (TPSA) is 66.2 Å². The number of carbonyl (C=O) groups is 1. The Bertz CT molecular complexity index is 1270. The largest absolute Gasteiger partial charge is 0.494 e. The summed E-state index contributed by atoms with van der Waals surface area (Å²) in [6, 6.07) is 11.5. The number of hydrogen-bond acceptors (Lipinski definition) is 5. The molecule has 31 heavy (non-hydrogen) atoms. The van der Waals surface area contributed by atoms with Gasteiger partial charge in [-0.25, -0.2) is 9.97 Å². The first kappa shape index (κ1) is 21.1. The minimum absolute atomic E-state index is 0.176. The Morgan fingerprint density at radius 2 is 1.94 bits per heavy atom. The van der Waals surface area contributed by atoms with E-state index < -0.39 is 0 Å². The lowest BCUT2D eigenvalue weighted by molar-refractivity contribution is -0.142. The Morgan fingerprint density at radius 3 is 2.71 bits per heavy atom. The third-order valence-electron chi connectivity index (χ3n) is 5.19. The molecule has 0 saturated heterocycles. The first-order valence-corrected chi connectivity index (χ1v) is 10.7. The smallest absolute Gasteiger partial charge is 0.310 e. The van der Waals surface area contributed by atoms with E-state index in [-0.39, 0.29) is 12.4 Å². The van der Waals surface area contributed by atoms with Crippen LogP contribution in [0, 0.1) is 6.92 Å². The van der Waals surface area contributed by atoms with Crippen LogP contribution in [0.15, 0.2) is 42.7 Å². The summed E-state index contributed by atoms with van der Waals surface area (Å²) in [7, 11) is 0. The predicted molar refractivity (Wildman–Crippen MR) is 122 cm³/mol. The second-order valence-electron chi connectivity index (χ2n) is 7.27. The number of ether oxygens (including phenoxy) is 2. The van der Waals surface area contributed by atoms with E-state index in [1.807, 2.05) is 50.2 Å².